The summed E-state index contributed by atoms with van der Waals surface area (Å²) in [5.74, 6) is 0.553. The largest absolute Gasteiger partial charge is 0.454 e. The zero-order chi connectivity index (χ0) is 20.4. The van der Waals surface area contributed by atoms with E-state index in [0.29, 0.717) is 36.0 Å². The number of rotatable bonds is 5. The van der Waals surface area contributed by atoms with Crippen LogP contribution in [0.5, 0.6) is 11.5 Å². The molecule has 29 heavy (non-hydrogen) atoms. The second-order valence-corrected chi connectivity index (χ2v) is 7.11. The first-order valence-electron chi connectivity index (χ1n) is 9.33. The molecule has 2 aromatic carbocycles. The maximum Gasteiger partial charge on any atom is 0.231 e. The number of likely N-dealkylation sites (tertiary alicyclic amines) is 1. The minimum Gasteiger partial charge on any atom is -0.454 e. The van der Waals surface area contributed by atoms with Crippen LogP contribution in [0, 0.1) is 5.92 Å². The van der Waals surface area contributed by atoms with Gasteiger partial charge in [-0.15, -0.1) is 0 Å². The molecule has 1 saturated heterocycles. The van der Waals surface area contributed by atoms with E-state index < -0.39 is 5.92 Å². The summed E-state index contributed by atoms with van der Waals surface area (Å²) in [5.41, 5.74) is 2.20. The van der Waals surface area contributed by atoms with E-state index in [0.717, 1.165) is 5.56 Å². The van der Waals surface area contributed by atoms with Crippen molar-refractivity contribution in [1.82, 2.24) is 4.90 Å². The van der Waals surface area contributed by atoms with E-state index in [1.165, 1.54) is 6.92 Å². The lowest BCUT2D eigenvalue weighted by Crippen LogP contribution is -2.28. The molecule has 1 unspecified atom stereocenters. The average molecular weight is 395 g/mol. The molecule has 0 radical (unpaired) electrons. The van der Waals surface area contributed by atoms with Crippen molar-refractivity contribution in [1.29, 1.82) is 0 Å². The molecular formula is C21H21N3O5. The van der Waals surface area contributed by atoms with Gasteiger partial charge in [-0.25, -0.2) is 0 Å². The second kappa shape index (κ2) is 7.83. The molecule has 8 heteroatoms. The molecule has 1 atom stereocenters. The lowest BCUT2D eigenvalue weighted by atomic mass is 10.1. The first kappa shape index (κ1) is 18.8. The summed E-state index contributed by atoms with van der Waals surface area (Å²) in [4.78, 5) is 37.7. The first-order valence-corrected chi connectivity index (χ1v) is 9.33. The molecule has 0 aliphatic carbocycles. The number of carbonyl (C=O) groups excluding carboxylic acids is 3. The van der Waals surface area contributed by atoms with Crippen LogP contribution in [0.25, 0.3) is 0 Å². The van der Waals surface area contributed by atoms with Crippen LogP contribution in [0.3, 0.4) is 0 Å². The maximum absolute atomic E-state index is 12.6. The fourth-order valence-electron chi connectivity index (χ4n) is 3.44. The van der Waals surface area contributed by atoms with E-state index in [9.17, 15) is 14.4 Å². The summed E-state index contributed by atoms with van der Waals surface area (Å²) in [6, 6.07) is 12.4. The Balaban J connectivity index is 1.34. The monoisotopic (exact) mass is 395 g/mol. The van der Waals surface area contributed by atoms with Crippen LogP contribution < -0.4 is 20.1 Å². The van der Waals surface area contributed by atoms with Crippen LogP contribution in [0.15, 0.2) is 42.5 Å². The van der Waals surface area contributed by atoms with Crippen LogP contribution in [0.4, 0.5) is 11.4 Å². The lowest BCUT2D eigenvalue weighted by molar-refractivity contribution is -0.128. The highest BCUT2D eigenvalue weighted by molar-refractivity contribution is 5.97. The number of hydrogen-bond donors (Lipinski definition) is 2. The van der Waals surface area contributed by atoms with Crippen LogP contribution in [-0.2, 0) is 20.9 Å². The molecule has 2 aliphatic rings. The van der Waals surface area contributed by atoms with Gasteiger partial charge in [0.05, 0.1) is 5.92 Å². The summed E-state index contributed by atoms with van der Waals surface area (Å²) in [5, 5.41) is 5.51. The van der Waals surface area contributed by atoms with Crippen molar-refractivity contribution in [2.45, 2.75) is 19.9 Å². The number of nitrogens with one attached hydrogen (secondary N) is 2. The number of carbonyl (C=O) groups is 3. The molecule has 150 valence electrons. The molecule has 2 aromatic rings. The molecule has 0 saturated carbocycles. The Kier molecular flexibility index (Phi) is 5.07. The van der Waals surface area contributed by atoms with Crippen molar-refractivity contribution < 1.29 is 23.9 Å². The van der Waals surface area contributed by atoms with Gasteiger partial charge in [0.25, 0.3) is 0 Å². The average Bonchev–Trinajstić information content (AvgIpc) is 3.29. The highest BCUT2D eigenvalue weighted by atomic mass is 16.7. The summed E-state index contributed by atoms with van der Waals surface area (Å²) in [6.45, 7) is 2.42. The third-order valence-electron chi connectivity index (χ3n) is 4.87. The molecule has 4 rings (SSSR count). The van der Waals surface area contributed by atoms with Gasteiger partial charge < -0.3 is 25.0 Å². The van der Waals surface area contributed by atoms with Crippen LogP contribution >= 0.6 is 0 Å². The Morgan fingerprint density at radius 1 is 1.03 bits per heavy atom. The van der Waals surface area contributed by atoms with Gasteiger partial charge >= 0.3 is 0 Å². The predicted octanol–water partition coefficient (Wildman–Crippen LogP) is 2.36. The minimum atomic E-state index is -0.411. The van der Waals surface area contributed by atoms with Crippen LogP contribution in [0.2, 0.25) is 0 Å². The normalized spacial score (nSPS) is 17.3. The van der Waals surface area contributed by atoms with E-state index in [4.69, 9.17) is 9.47 Å². The zero-order valence-electron chi connectivity index (χ0n) is 15.9. The minimum absolute atomic E-state index is 0.0520. The second-order valence-electron chi connectivity index (χ2n) is 7.11. The fourth-order valence-corrected chi connectivity index (χ4v) is 3.44. The van der Waals surface area contributed by atoms with Crippen molar-refractivity contribution in [2.75, 3.05) is 24.0 Å². The Morgan fingerprint density at radius 2 is 1.72 bits per heavy atom. The molecule has 2 N–H and O–H groups in total. The molecule has 0 bridgehead atoms. The van der Waals surface area contributed by atoms with Crippen molar-refractivity contribution in [3.05, 3.63) is 48.0 Å². The number of fused-ring (bicyclic) bond motifs is 1. The van der Waals surface area contributed by atoms with Gasteiger partial charge in [-0.1, -0.05) is 6.07 Å². The van der Waals surface area contributed by atoms with Gasteiger partial charge in [-0.3, -0.25) is 14.4 Å². The number of ether oxygens (including phenoxy) is 2. The topological polar surface area (TPSA) is 97.0 Å². The van der Waals surface area contributed by atoms with E-state index in [2.05, 4.69) is 10.6 Å². The number of amides is 3. The van der Waals surface area contributed by atoms with Crippen molar-refractivity contribution in [2.24, 2.45) is 5.92 Å². The summed E-state index contributed by atoms with van der Waals surface area (Å²) in [7, 11) is 0. The zero-order valence-corrected chi connectivity index (χ0v) is 15.9. The molecule has 3 amide bonds. The van der Waals surface area contributed by atoms with E-state index in [-0.39, 0.29) is 30.9 Å². The summed E-state index contributed by atoms with van der Waals surface area (Å²) < 4.78 is 10.7. The Labute approximate surface area is 167 Å². The Hall–Kier alpha value is -3.55. The third kappa shape index (κ3) is 4.31. The lowest BCUT2D eigenvalue weighted by Gasteiger charge is -2.17. The predicted molar refractivity (Wildman–Crippen MR) is 105 cm³/mol. The highest BCUT2D eigenvalue weighted by Gasteiger charge is 2.34. The SMILES string of the molecule is CC(=O)Nc1ccc(NC(=O)C2CC(=O)N(Cc3ccc4c(c3)OCO4)C2)cc1. The summed E-state index contributed by atoms with van der Waals surface area (Å²) in [6.07, 6.45) is 0.181. The molecule has 0 aromatic heterocycles. The Morgan fingerprint density at radius 3 is 2.45 bits per heavy atom. The fraction of sp³-hybridized carbons (Fsp3) is 0.286. The number of hydrogen-bond acceptors (Lipinski definition) is 5. The van der Waals surface area contributed by atoms with Gasteiger partial charge in [-0.05, 0) is 42.0 Å². The van der Waals surface area contributed by atoms with E-state index >= 15 is 0 Å². The highest BCUT2D eigenvalue weighted by Crippen LogP contribution is 2.33. The first-order chi connectivity index (χ1) is 14.0. The number of nitrogens with zero attached hydrogens (tertiary/aromatic N) is 1. The molecule has 2 aliphatic heterocycles. The smallest absolute Gasteiger partial charge is 0.231 e. The van der Waals surface area contributed by atoms with E-state index in [1.807, 2.05) is 18.2 Å². The number of benzene rings is 2. The third-order valence-corrected chi connectivity index (χ3v) is 4.87. The van der Waals surface area contributed by atoms with Crippen molar-refractivity contribution in [3.8, 4) is 11.5 Å². The Bertz CT molecular complexity index is 957. The quantitative estimate of drug-likeness (QED) is 0.810. The van der Waals surface area contributed by atoms with Crippen LogP contribution in [0.1, 0.15) is 18.9 Å². The maximum atomic E-state index is 12.6. The van der Waals surface area contributed by atoms with Gasteiger partial charge in [0.15, 0.2) is 11.5 Å². The van der Waals surface area contributed by atoms with Gasteiger partial charge in [0.2, 0.25) is 24.5 Å². The standard InChI is InChI=1S/C21H21N3O5/c1-13(25)22-16-3-5-17(6-4-16)23-21(27)15-9-20(26)24(11-15)10-14-2-7-18-19(8-14)29-12-28-18/h2-8,15H,9-12H2,1H3,(H,22,25)(H,23,27). The summed E-state index contributed by atoms with van der Waals surface area (Å²) >= 11 is 0. The molecule has 2 heterocycles. The van der Waals surface area contributed by atoms with Gasteiger partial charge in [0, 0.05) is 37.8 Å². The molecule has 0 spiro atoms. The van der Waals surface area contributed by atoms with E-state index in [1.54, 1.807) is 29.2 Å². The van der Waals surface area contributed by atoms with Crippen LogP contribution in [-0.4, -0.2) is 36.0 Å². The van der Waals surface area contributed by atoms with Crippen molar-refractivity contribution >= 4 is 29.1 Å². The molecule has 1 fully saturated rings. The van der Waals surface area contributed by atoms with Gasteiger partial charge in [0.1, 0.15) is 0 Å². The molecular weight excluding hydrogens is 374 g/mol. The van der Waals surface area contributed by atoms with Crippen molar-refractivity contribution in [3.63, 3.8) is 0 Å². The molecule has 8 nitrogen and oxygen atoms in total. The number of anilines is 2. The van der Waals surface area contributed by atoms with Gasteiger partial charge in [-0.2, -0.15) is 0 Å².